The lowest BCUT2D eigenvalue weighted by molar-refractivity contribution is 0.0796. The fourth-order valence-corrected chi connectivity index (χ4v) is 3.76. The molecule has 1 amide bonds. The van der Waals surface area contributed by atoms with E-state index in [0.717, 1.165) is 5.56 Å². The minimum atomic E-state index is -3.72. The molecule has 0 bridgehead atoms. The molecule has 0 unspecified atom stereocenters. The maximum atomic E-state index is 12.7. The van der Waals surface area contributed by atoms with Gasteiger partial charge in [0.1, 0.15) is 0 Å². The van der Waals surface area contributed by atoms with Crippen LogP contribution in [0.2, 0.25) is 0 Å². The fourth-order valence-electron chi connectivity index (χ4n) is 2.48. The summed E-state index contributed by atoms with van der Waals surface area (Å²) in [5, 5.41) is 2.98. The Morgan fingerprint density at radius 2 is 1.78 bits per heavy atom. The Hall–Kier alpha value is -1.93. The van der Waals surface area contributed by atoms with Gasteiger partial charge >= 0.3 is 0 Å². The van der Waals surface area contributed by atoms with E-state index in [1.54, 1.807) is 31.0 Å². The minimum Gasteiger partial charge on any atom is -0.340 e. The second kappa shape index (κ2) is 10.4. The first-order chi connectivity index (χ1) is 12.3. The van der Waals surface area contributed by atoms with Crippen LogP contribution >= 0.6 is 12.4 Å². The largest absolute Gasteiger partial charge is 0.340 e. The quantitative estimate of drug-likeness (QED) is 0.697. The predicted molar refractivity (Wildman–Crippen MR) is 110 cm³/mol. The molecule has 0 aromatic heterocycles. The van der Waals surface area contributed by atoms with E-state index in [4.69, 9.17) is 0 Å². The Balaban J connectivity index is 0.00000364. The third-order valence-corrected chi connectivity index (χ3v) is 5.62. The van der Waals surface area contributed by atoms with Gasteiger partial charge in [0, 0.05) is 32.2 Å². The Bertz CT molecular complexity index is 858. The van der Waals surface area contributed by atoms with Crippen LogP contribution in [0.5, 0.6) is 0 Å². The highest BCUT2D eigenvalue weighted by Gasteiger charge is 2.20. The number of nitrogens with one attached hydrogen (secondary N) is 2. The molecule has 0 fully saturated rings. The maximum Gasteiger partial charge on any atom is 0.253 e. The molecule has 8 heteroatoms. The lowest BCUT2D eigenvalue weighted by Gasteiger charge is -2.18. The Kier molecular flexibility index (Phi) is 8.92. The molecule has 148 valence electrons. The first-order valence-electron chi connectivity index (χ1n) is 8.39. The number of amides is 1. The zero-order chi connectivity index (χ0) is 19.2. The number of hydrogen-bond acceptors (Lipinski definition) is 4. The molecule has 6 nitrogen and oxygen atoms in total. The normalized spacial score (nSPS) is 10.9. The number of rotatable bonds is 8. The molecule has 0 aliphatic rings. The first-order valence-corrected chi connectivity index (χ1v) is 9.88. The average molecular weight is 412 g/mol. The van der Waals surface area contributed by atoms with Crippen LogP contribution in [0.25, 0.3) is 0 Å². The summed E-state index contributed by atoms with van der Waals surface area (Å²) in [4.78, 5) is 14.2. The van der Waals surface area contributed by atoms with Crippen LogP contribution in [0.15, 0.2) is 53.4 Å². The Morgan fingerprint density at radius 3 is 2.41 bits per heavy atom. The molecule has 2 N–H and O–H groups in total. The molecular weight excluding hydrogens is 386 g/mol. The lowest BCUT2D eigenvalue weighted by atomic mass is 10.1. The van der Waals surface area contributed by atoms with Crippen molar-refractivity contribution in [2.75, 3.05) is 27.2 Å². The van der Waals surface area contributed by atoms with Gasteiger partial charge in [0.15, 0.2) is 0 Å². The van der Waals surface area contributed by atoms with Crippen molar-refractivity contribution in [3.05, 3.63) is 65.2 Å². The summed E-state index contributed by atoms with van der Waals surface area (Å²) in [7, 11) is -0.212. The van der Waals surface area contributed by atoms with Crippen LogP contribution in [-0.2, 0) is 16.6 Å². The summed E-state index contributed by atoms with van der Waals surface area (Å²) < 4.78 is 28.0. The van der Waals surface area contributed by atoms with Crippen molar-refractivity contribution in [3.63, 3.8) is 0 Å². The third kappa shape index (κ3) is 6.32. The molecular formula is C19H26ClN3O3S. The molecule has 2 aromatic rings. The van der Waals surface area contributed by atoms with E-state index in [0.29, 0.717) is 24.2 Å². The first kappa shape index (κ1) is 23.1. The fraction of sp³-hybridized carbons (Fsp3) is 0.316. The molecule has 2 rings (SSSR count). The number of sulfonamides is 1. The highest BCUT2D eigenvalue weighted by atomic mass is 35.5. The monoisotopic (exact) mass is 411 g/mol. The van der Waals surface area contributed by atoms with Crippen LogP contribution in [-0.4, -0.2) is 46.4 Å². The van der Waals surface area contributed by atoms with Crippen LogP contribution < -0.4 is 10.0 Å². The van der Waals surface area contributed by atoms with Gasteiger partial charge in [-0.15, -0.1) is 12.4 Å². The molecule has 0 spiro atoms. The second-order valence-corrected chi connectivity index (χ2v) is 7.86. The van der Waals surface area contributed by atoms with Crippen LogP contribution in [0.1, 0.15) is 21.5 Å². The van der Waals surface area contributed by atoms with Crippen LogP contribution in [0.4, 0.5) is 0 Å². The van der Waals surface area contributed by atoms with Gasteiger partial charge in [-0.1, -0.05) is 36.4 Å². The van der Waals surface area contributed by atoms with Gasteiger partial charge in [-0.2, -0.15) is 0 Å². The number of hydrogen-bond donors (Lipinski definition) is 2. The predicted octanol–water partition coefficient (Wildman–Crippen LogP) is 2.19. The van der Waals surface area contributed by atoms with E-state index in [2.05, 4.69) is 10.0 Å². The van der Waals surface area contributed by atoms with Crippen molar-refractivity contribution >= 4 is 28.3 Å². The number of halogens is 1. The van der Waals surface area contributed by atoms with Crippen molar-refractivity contribution < 1.29 is 13.2 Å². The van der Waals surface area contributed by atoms with Crippen LogP contribution in [0.3, 0.4) is 0 Å². The van der Waals surface area contributed by atoms with Crippen molar-refractivity contribution in [2.24, 2.45) is 0 Å². The highest BCUT2D eigenvalue weighted by molar-refractivity contribution is 7.89. The third-order valence-electron chi connectivity index (χ3n) is 4.08. The maximum absolute atomic E-state index is 12.7. The highest BCUT2D eigenvalue weighted by Crippen LogP contribution is 2.18. The standard InChI is InChI=1S/C19H25N3O3S.ClH/c1-15-9-10-17(19(23)22(3)12-11-20-2)13-18(15)26(24,25)21-14-16-7-5-4-6-8-16;/h4-10,13,20-21H,11-12,14H2,1-3H3;1H. The molecule has 0 aliphatic heterocycles. The van der Waals surface area contributed by atoms with Gasteiger partial charge in [-0.05, 0) is 37.2 Å². The van der Waals surface area contributed by atoms with Crippen LogP contribution in [0, 0.1) is 6.92 Å². The van der Waals surface area contributed by atoms with Gasteiger partial charge in [0.05, 0.1) is 4.90 Å². The number of likely N-dealkylation sites (N-methyl/N-ethyl adjacent to an activating group) is 2. The zero-order valence-corrected chi connectivity index (χ0v) is 17.4. The summed E-state index contributed by atoms with van der Waals surface area (Å²) in [6, 6.07) is 14.1. The van der Waals surface area contributed by atoms with Crippen molar-refractivity contribution in [3.8, 4) is 0 Å². The molecule has 0 radical (unpaired) electrons. The van der Waals surface area contributed by atoms with Crippen molar-refractivity contribution in [2.45, 2.75) is 18.4 Å². The summed E-state index contributed by atoms with van der Waals surface area (Å²) >= 11 is 0. The van der Waals surface area contributed by atoms with E-state index < -0.39 is 10.0 Å². The van der Waals surface area contributed by atoms with E-state index in [-0.39, 0.29) is 29.8 Å². The second-order valence-electron chi connectivity index (χ2n) is 6.12. The zero-order valence-electron chi connectivity index (χ0n) is 15.7. The number of benzene rings is 2. The smallest absolute Gasteiger partial charge is 0.253 e. The van der Waals surface area contributed by atoms with Gasteiger partial charge in [-0.3, -0.25) is 4.79 Å². The van der Waals surface area contributed by atoms with E-state index in [9.17, 15) is 13.2 Å². The van der Waals surface area contributed by atoms with E-state index in [1.165, 1.54) is 6.07 Å². The number of nitrogens with zero attached hydrogens (tertiary/aromatic N) is 1. The molecule has 2 aromatic carbocycles. The Labute approximate surface area is 167 Å². The lowest BCUT2D eigenvalue weighted by Crippen LogP contribution is -2.33. The van der Waals surface area contributed by atoms with Gasteiger partial charge in [0.25, 0.3) is 5.91 Å². The number of carbonyl (C=O) groups is 1. The van der Waals surface area contributed by atoms with Gasteiger partial charge < -0.3 is 10.2 Å². The summed E-state index contributed by atoms with van der Waals surface area (Å²) in [6.07, 6.45) is 0. The molecule has 0 atom stereocenters. The van der Waals surface area contributed by atoms with Crippen molar-refractivity contribution in [1.82, 2.24) is 14.9 Å². The SMILES string of the molecule is CNCCN(C)C(=O)c1ccc(C)c(S(=O)(=O)NCc2ccccc2)c1.Cl. The van der Waals surface area contributed by atoms with Gasteiger partial charge in [0.2, 0.25) is 10.0 Å². The summed E-state index contributed by atoms with van der Waals surface area (Å²) in [5.74, 6) is -0.209. The molecule has 0 heterocycles. The Morgan fingerprint density at radius 1 is 1.11 bits per heavy atom. The molecule has 0 saturated heterocycles. The summed E-state index contributed by atoms with van der Waals surface area (Å²) in [6.45, 7) is 3.12. The van der Waals surface area contributed by atoms with E-state index in [1.807, 2.05) is 37.4 Å². The molecule has 0 aliphatic carbocycles. The van der Waals surface area contributed by atoms with Crippen molar-refractivity contribution in [1.29, 1.82) is 0 Å². The topological polar surface area (TPSA) is 78.5 Å². The average Bonchev–Trinajstić information content (AvgIpc) is 2.65. The summed E-state index contributed by atoms with van der Waals surface area (Å²) in [5.41, 5.74) is 1.82. The molecule has 27 heavy (non-hydrogen) atoms. The number of carbonyl (C=O) groups excluding carboxylic acids is 1. The van der Waals surface area contributed by atoms with Gasteiger partial charge in [-0.25, -0.2) is 13.1 Å². The number of aryl methyl sites for hydroxylation is 1. The minimum absolute atomic E-state index is 0. The molecule has 0 saturated carbocycles. The van der Waals surface area contributed by atoms with E-state index >= 15 is 0 Å².